The lowest BCUT2D eigenvalue weighted by Gasteiger charge is -2.23. The minimum Gasteiger partial charge on any atom is -0.387 e. The quantitative estimate of drug-likeness (QED) is 0.758. The summed E-state index contributed by atoms with van der Waals surface area (Å²) in [6, 6.07) is 7.11. The van der Waals surface area contributed by atoms with Crippen molar-refractivity contribution in [2.45, 2.75) is 30.9 Å². The Kier molecular flexibility index (Phi) is 6.89. The van der Waals surface area contributed by atoms with Gasteiger partial charge >= 0.3 is 0 Å². The number of hydrogen-bond acceptors (Lipinski definition) is 3. The molecule has 1 aliphatic rings. The number of pyridine rings is 1. The topological polar surface area (TPSA) is 59.1 Å². The van der Waals surface area contributed by atoms with E-state index in [0.717, 1.165) is 6.07 Å². The van der Waals surface area contributed by atoms with E-state index in [0.29, 0.717) is 24.1 Å². The molecule has 0 amide bonds. The summed E-state index contributed by atoms with van der Waals surface area (Å²) >= 11 is 0. The van der Waals surface area contributed by atoms with Crippen LogP contribution in [0.3, 0.4) is 0 Å². The lowest BCUT2D eigenvalue weighted by atomic mass is 9.86. The predicted octanol–water partition coefficient (Wildman–Crippen LogP) is 3.81. The van der Waals surface area contributed by atoms with E-state index >= 15 is 0 Å². The molecular formula is C16H18Cl2F2N2O. The van der Waals surface area contributed by atoms with E-state index in [4.69, 9.17) is 5.73 Å². The molecule has 1 aromatic heterocycles. The summed E-state index contributed by atoms with van der Waals surface area (Å²) in [6.45, 7) is 0. The summed E-state index contributed by atoms with van der Waals surface area (Å²) in [5.41, 5.74) is 7.74. The van der Waals surface area contributed by atoms with Gasteiger partial charge in [0.15, 0.2) is 11.6 Å². The third kappa shape index (κ3) is 3.63. The Bertz CT molecular complexity index is 672. The summed E-state index contributed by atoms with van der Waals surface area (Å²) < 4.78 is 27.5. The maximum absolute atomic E-state index is 14.1. The Balaban J connectivity index is 0.00000132. The van der Waals surface area contributed by atoms with Gasteiger partial charge in [0.1, 0.15) is 0 Å². The van der Waals surface area contributed by atoms with Crippen molar-refractivity contribution in [3.63, 3.8) is 0 Å². The van der Waals surface area contributed by atoms with Gasteiger partial charge in [-0.1, -0.05) is 18.2 Å². The zero-order valence-corrected chi connectivity index (χ0v) is 13.8. The van der Waals surface area contributed by atoms with Crippen molar-refractivity contribution >= 4 is 24.8 Å². The number of hydrogen-bond donors (Lipinski definition) is 2. The molecule has 0 radical (unpaired) electrons. The number of nitrogens with two attached hydrogens (primary N) is 1. The molecule has 0 bridgehead atoms. The third-order valence-electron chi connectivity index (χ3n) is 4.11. The first-order chi connectivity index (χ1) is 10.1. The van der Waals surface area contributed by atoms with Crippen molar-refractivity contribution < 1.29 is 13.9 Å². The highest BCUT2D eigenvalue weighted by molar-refractivity contribution is 5.85. The maximum Gasteiger partial charge on any atom is 0.162 e. The zero-order valence-electron chi connectivity index (χ0n) is 12.2. The fourth-order valence-corrected chi connectivity index (χ4v) is 3.02. The highest BCUT2D eigenvalue weighted by atomic mass is 35.5. The van der Waals surface area contributed by atoms with Gasteiger partial charge < -0.3 is 10.8 Å². The monoisotopic (exact) mass is 362 g/mol. The smallest absolute Gasteiger partial charge is 0.162 e. The molecule has 7 heteroatoms. The standard InChI is InChI=1S/C16H16F2N2O.2ClH/c17-12-5-1-3-9(14(12)18)10-6-7-13(21)16-11(15(10)19)4-2-8-20-16;;/h1-5,8,10,13,15,21H,6-7,19H2;2*1H/t10-,13-,15-;;/m1../s1. The molecule has 0 spiro atoms. The van der Waals surface area contributed by atoms with Crippen LogP contribution in [0.2, 0.25) is 0 Å². The van der Waals surface area contributed by atoms with E-state index in [9.17, 15) is 13.9 Å². The van der Waals surface area contributed by atoms with Crippen molar-refractivity contribution in [3.8, 4) is 0 Å². The Morgan fingerprint density at radius 2 is 1.74 bits per heavy atom. The van der Waals surface area contributed by atoms with E-state index in [1.807, 2.05) is 0 Å². The van der Waals surface area contributed by atoms with Crippen LogP contribution >= 0.6 is 24.8 Å². The number of benzene rings is 1. The molecular weight excluding hydrogens is 345 g/mol. The van der Waals surface area contributed by atoms with Gasteiger partial charge in [0.25, 0.3) is 0 Å². The molecule has 0 fully saturated rings. The summed E-state index contributed by atoms with van der Waals surface area (Å²) in [5.74, 6) is -2.13. The molecule has 1 aliphatic carbocycles. The van der Waals surface area contributed by atoms with Gasteiger partial charge in [0, 0.05) is 18.2 Å². The van der Waals surface area contributed by atoms with Crippen LogP contribution in [0.5, 0.6) is 0 Å². The van der Waals surface area contributed by atoms with Crippen LogP contribution < -0.4 is 5.73 Å². The normalized spacial score (nSPS) is 23.0. The Labute approximate surface area is 145 Å². The van der Waals surface area contributed by atoms with E-state index in [1.165, 1.54) is 6.07 Å². The molecule has 3 nitrogen and oxygen atoms in total. The van der Waals surface area contributed by atoms with E-state index in [-0.39, 0.29) is 36.3 Å². The minimum absolute atomic E-state index is 0. The first-order valence-electron chi connectivity index (χ1n) is 6.92. The third-order valence-corrected chi connectivity index (χ3v) is 4.11. The van der Waals surface area contributed by atoms with Crippen molar-refractivity contribution in [1.29, 1.82) is 0 Å². The first-order valence-corrected chi connectivity index (χ1v) is 6.92. The number of aromatic nitrogens is 1. The fraction of sp³-hybridized carbons (Fsp3) is 0.312. The second-order valence-electron chi connectivity index (χ2n) is 5.35. The van der Waals surface area contributed by atoms with Crippen molar-refractivity contribution in [1.82, 2.24) is 4.98 Å². The maximum atomic E-state index is 14.1. The zero-order chi connectivity index (χ0) is 15.0. The number of rotatable bonds is 1. The fourth-order valence-electron chi connectivity index (χ4n) is 3.02. The van der Waals surface area contributed by atoms with Gasteiger partial charge in [-0.15, -0.1) is 24.8 Å². The Hall–Kier alpha value is -1.27. The predicted molar refractivity (Wildman–Crippen MR) is 89.0 cm³/mol. The summed E-state index contributed by atoms with van der Waals surface area (Å²) in [5, 5.41) is 10.2. The molecule has 1 aromatic carbocycles. The van der Waals surface area contributed by atoms with Gasteiger partial charge in [-0.25, -0.2) is 8.78 Å². The first kappa shape index (κ1) is 19.8. The SMILES string of the molecule is Cl.Cl.N[C@H]1c2cccnc2[C@H](O)CC[C@@H]1c1cccc(F)c1F. The molecule has 23 heavy (non-hydrogen) atoms. The number of nitrogens with zero attached hydrogens (tertiary/aromatic N) is 1. The molecule has 0 saturated heterocycles. The van der Waals surface area contributed by atoms with E-state index in [1.54, 1.807) is 24.4 Å². The van der Waals surface area contributed by atoms with Gasteiger partial charge in [-0.05, 0) is 36.1 Å². The Morgan fingerprint density at radius 1 is 1.04 bits per heavy atom. The number of halogens is 4. The van der Waals surface area contributed by atoms with Crippen molar-refractivity contribution in [2.24, 2.45) is 5.73 Å². The van der Waals surface area contributed by atoms with Gasteiger partial charge in [0.2, 0.25) is 0 Å². The molecule has 0 saturated carbocycles. The second-order valence-corrected chi connectivity index (χ2v) is 5.35. The highest BCUT2D eigenvalue weighted by Crippen LogP contribution is 2.41. The largest absolute Gasteiger partial charge is 0.387 e. The van der Waals surface area contributed by atoms with Crippen LogP contribution in [0.25, 0.3) is 0 Å². The molecule has 126 valence electrons. The summed E-state index contributed by atoms with van der Waals surface area (Å²) in [7, 11) is 0. The number of aliphatic hydroxyl groups is 1. The molecule has 0 unspecified atom stereocenters. The number of fused-ring (bicyclic) bond motifs is 1. The summed E-state index contributed by atoms with van der Waals surface area (Å²) in [4.78, 5) is 4.18. The molecule has 3 rings (SSSR count). The van der Waals surface area contributed by atoms with Crippen LogP contribution in [-0.2, 0) is 0 Å². The van der Waals surface area contributed by atoms with E-state index < -0.39 is 23.8 Å². The van der Waals surface area contributed by atoms with Crippen LogP contribution in [0.15, 0.2) is 36.5 Å². The second kappa shape index (κ2) is 8.02. The van der Waals surface area contributed by atoms with Crippen molar-refractivity contribution in [3.05, 3.63) is 65.0 Å². The molecule has 3 N–H and O–H groups in total. The van der Waals surface area contributed by atoms with Gasteiger partial charge in [0.05, 0.1) is 11.8 Å². The van der Waals surface area contributed by atoms with Crippen molar-refractivity contribution in [2.75, 3.05) is 0 Å². The van der Waals surface area contributed by atoms with E-state index in [2.05, 4.69) is 4.98 Å². The molecule has 0 aliphatic heterocycles. The summed E-state index contributed by atoms with van der Waals surface area (Å²) in [6.07, 6.45) is 1.75. The minimum atomic E-state index is -0.879. The lowest BCUT2D eigenvalue weighted by molar-refractivity contribution is 0.160. The van der Waals surface area contributed by atoms with Crippen LogP contribution in [0.1, 0.15) is 47.7 Å². The van der Waals surface area contributed by atoms with Gasteiger partial charge in [-0.2, -0.15) is 0 Å². The average molecular weight is 363 g/mol. The molecule has 3 atom stereocenters. The lowest BCUT2D eigenvalue weighted by Crippen LogP contribution is -2.21. The highest BCUT2D eigenvalue weighted by Gasteiger charge is 2.32. The van der Waals surface area contributed by atoms with Crippen LogP contribution in [0.4, 0.5) is 8.78 Å². The molecule has 1 heterocycles. The molecule has 2 aromatic rings. The van der Waals surface area contributed by atoms with Gasteiger partial charge in [-0.3, -0.25) is 4.98 Å². The Morgan fingerprint density at radius 3 is 2.48 bits per heavy atom. The average Bonchev–Trinajstić information content (AvgIpc) is 2.62. The van der Waals surface area contributed by atoms with Crippen LogP contribution in [-0.4, -0.2) is 10.1 Å². The number of aliphatic hydroxyl groups excluding tert-OH is 1. The van der Waals surface area contributed by atoms with Crippen LogP contribution in [0, 0.1) is 11.6 Å².